The fourth-order valence-electron chi connectivity index (χ4n) is 18.6. The maximum absolute atomic E-state index is 13.1. The average molecular weight is 985 g/mol. The van der Waals surface area contributed by atoms with E-state index >= 15 is 0 Å². The van der Waals surface area contributed by atoms with Crippen LogP contribution in [0.3, 0.4) is 0 Å². The molecule has 8 atom stereocenters. The van der Waals surface area contributed by atoms with Crippen LogP contribution >= 0.6 is 15.9 Å². The normalized spacial score (nSPS) is 40.1. The molecule has 9 aliphatic carbocycles. The number of hydrogen-bond donors (Lipinski definition) is 2. The van der Waals surface area contributed by atoms with Crippen molar-refractivity contribution in [3.05, 3.63) is 57.6 Å². The van der Waals surface area contributed by atoms with E-state index in [4.69, 9.17) is 0 Å². The molecular weight excluding hydrogens is 889 g/mol. The predicted octanol–water partition coefficient (Wildman–Crippen LogP) is 18.0. The van der Waals surface area contributed by atoms with Crippen LogP contribution in [-0.4, -0.2) is 20.7 Å². The molecule has 0 amide bonds. The van der Waals surface area contributed by atoms with Crippen LogP contribution in [0, 0.1) is 57.2 Å². The second-order valence-corrected chi connectivity index (χ2v) is 40.9. The molecule has 12 rings (SSSR count). The van der Waals surface area contributed by atoms with Gasteiger partial charge in [-0.05, 0) is 0 Å². The summed E-state index contributed by atoms with van der Waals surface area (Å²) in [5.74, 6) is 7.92. The van der Waals surface area contributed by atoms with Gasteiger partial charge in [-0.3, -0.25) is 0 Å². The molecule has 10 aliphatic rings. The Bertz CT molecular complexity index is 2140. The van der Waals surface area contributed by atoms with Gasteiger partial charge in [0.05, 0.1) is 0 Å². The third kappa shape index (κ3) is 8.28. The molecule has 9 fully saturated rings. The zero-order chi connectivity index (χ0) is 48.1. The first-order valence-electron chi connectivity index (χ1n) is 28.2. The Kier molecular flexibility index (Phi) is 12.7. The van der Waals surface area contributed by atoms with Crippen molar-refractivity contribution in [2.45, 2.75) is 256 Å². The van der Waals surface area contributed by atoms with E-state index in [9.17, 15) is 10.2 Å². The van der Waals surface area contributed by atoms with Gasteiger partial charge in [0.25, 0.3) is 0 Å². The number of aromatic hydroxyl groups is 2. The Morgan fingerprint density at radius 3 is 1.12 bits per heavy atom. The van der Waals surface area contributed by atoms with Crippen molar-refractivity contribution in [3.8, 4) is 11.5 Å². The molecule has 9 saturated carbocycles. The van der Waals surface area contributed by atoms with E-state index in [1.807, 2.05) is 0 Å². The number of phenolic OH excluding ortho intramolecular Hbond substituents is 2. The Balaban J connectivity index is 1.08. The van der Waals surface area contributed by atoms with Gasteiger partial charge in [0.2, 0.25) is 0 Å². The molecule has 1 heterocycles. The van der Waals surface area contributed by atoms with Crippen molar-refractivity contribution in [2.24, 2.45) is 57.2 Å². The first-order chi connectivity index (χ1) is 31.3. The molecule has 8 bridgehead atoms. The van der Waals surface area contributed by atoms with Gasteiger partial charge in [0.15, 0.2) is 0 Å². The van der Waals surface area contributed by atoms with Gasteiger partial charge in [-0.2, -0.15) is 0 Å². The zero-order valence-electron chi connectivity index (χ0n) is 45.3. The second-order valence-electron chi connectivity index (χ2n) is 29.5. The van der Waals surface area contributed by atoms with E-state index in [2.05, 4.69) is 121 Å². The molecule has 0 saturated heterocycles. The summed E-state index contributed by atoms with van der Waals surface area (Å²) in [4.78, 5) is 0. The molecule has 7 unspecified atom stereocenters. The third-order valence-electron chi connectivity index (χ3n) is 22.2. The minimum absolute atomic E-state index is 0.0285. The number of phenols is 2. The first-order valence-corrected chi connectivity index (χ1v) is 34.9. The van der Waals surface area contributed by atoms with Crippen molar-refractivity contribution in [1.29, 1.82) is 0 Å². The van der Waals surface area contributed by atoms with Crippen LogP contribution in [0.25, 0.3) is 0 Å². The van der Waals surface area contributed by atoms with E-state index < -0.39 is 0 Å². The number of benzene rings is 2. The van der Waals surface area contributed by atoms with E-state index in [1.54, 1.807) is 0 Å². The molecule has 0 spiro atoms. The summed E-state index contributed by atoms with van der Waals surface area (Å²) >= 11 is -0.327. The summed E-state index contributed by atoms with van der Waals surface area (Å²) < 4.78 is 0. The van der Waals surface area contributed by atoms with Crippen molar-refractivity contribution in [3.63, 3.8) is 0 Å². The molecule has 2 aromatic rings. The fraction of sp³-hybridized carbons (Fsp3) is 0.806. The molecule has 0 aromatic heterocycles. The van der Waals surface area contributed by atoms with E-state index in [-0.39, 0.29) is 37.1 Å². The van der Waals surface area contributed by atoms with E-state index in [0.29, 0.717) is 61.3 Å². The number of rotatable bonds is 10. The average Bonchev–Trinajstić information content (AvgIpc) is 3.50. The molecular formula is C62H96O2S2Ti. The topological polar surface area (TPSA) is 40.5 Å². The van der Waals surface area contributed by atoms with E-state index in [0.717, 1.165) is 45.3 Å². The van der Waals surface area contributed by atoms with Gasteiger partial charge in [-0.15, -0.1) is 0 Å². The van der Waals surface area contributed by atoms with Gasteiger partial charge in [-0.1, -0.05) is 0 Å². The Labute approximate surface area is 421 Å². The second kappa shape index (κ2) is 17.0. The van der Waals surface area contributed by atoms with Gasteiger partial charge in [0, 0.05) is 0 Å². The molecule has 2 nitrogen and oxygen atoms in total. The van der Waals surface area contributed by atoms with Crippen molar-refractivity contribution in [2.75, 3.05) is 0 Å². The van der Waals surface area contributed by atoms with Crippen LogP contribution in [0.1, 0.15) is 246 Å². The Morgan fingerprint density at radius 1 is 0.493 bits per heavy atom. The molecule has 5 heteroatoms. The van der Waals surface area contributed by atoms with Crippen LogP contribution in [0.5, 0.6) is 11.5 Å². The molecule has 2 aromatic carbocycles. The van der Waals surface area contributed by atoms with Crippen LogP contribution in [0.4, 0.5) is 0 Å². The first kappa shape index (κ1) is 50.0. The van der Waals surface area contributed by atoms with Crippen LogP contribution < -0.4 is 0 Å². The number of fused-ring (bicyclic) bond motifs is 1. The molecule has 67 heavy (non-hydrogen) atoms. The van der Waals surface area contributed by atoms with E-state index in [1.165, 1.54) is 149 Å². The summed E-state index contributed by atoms with van der Waals surface area (Å²) in [5, 5.41) is 27.8. The zero-order valence-corrected chi connectivity index (χ0v) is 48.5. The van der Waals surface area contributed by atoms with Crippen molar-refractivity contribution < 1.29 is 25.7 Å². The number of hydrogen-bond acceptors (Lipinski definition) is 2. The summed E-state index contributed by atoms with van der Waals surface area (Å²) in [6.45, 7) is 34.8. The standard InChI is InChI=1S/C62H96O2S2.Ti/c1-39(2)57-25-43-26-58(33-57,40(3)4)36-61(29-43,35-57)49-23-47(55(9,10)11)21-45(53(49)63)31-65-51-19-17-15-16-18-20-52(51)66-32-46-22-48(56(12,13)14)24-50(54(46)64)62-30-44-27-59(37-62,41(5)6)34-60(28-44,38-62)42(7)8;/h21-24,39-44,51-52,63-64H,15-20,25-38H2,1-14H3;/t43?,44?,51-,52?,57?,58?,59?,60?,61?,62?;/m0./s1. The quantitative estimate of drug-likeness (QED) is 0.233. The molecule has 1 aliphatic heterocycles. The van der Waals surface area contributed by atoms with Gasteiger partial charge in [0.1, 0.15) is 0 Å². The molecule has 372 valence electrons. The Morgan fingerprint density at radius 2 is 0.821 bits per heavy atom. The van der Waals surface area contributed by atoms with Crippen LogP contribution in [0.2, 0.25) is 0 Å². The van der Waals surface area contributed by atoms with Gasteiger partial charge in [-0.25, -0.2) is 0 Å². The van der Waals surface area contributed by atoms with Gasteiger partial charge < -0.3 is 0 Å². The van der Waals surface area contributed by atoms with Crippen molar-refractivity contribution in [1.82, 2.24) is 0 Å². The summed E-state index contributed by atoms with van der Waals surface area (Å²) in [5.41, 5.74) is 10.1. The van der Waals surface area contributed by atoms with Crippen LogP contribution in [-0.2, 0) is 48.6 Å². The fourth-order valence-corrected chi connectivity index (χ4v) is 39.4. The van der Waals surface area contributed by atoms with Crippen molar-refractivity contribution >= 4 is 15.9 Å². The third-order valence-corrected chi connectivity index (χ3v) is 38.1. The SMILES string of the molecule is CC(C)C12CC3CC(c4cc(C(C)(C)C)cc(C[S]5=[Ti]=[S](Cc6cc(C(C)(C)C)cc(C78CC9CC(C(C)C)(C7)CC(C(C)C)(C9)C8)c6O)[C@H]6CCCCCCC65)c4O)(C1)CC(C(C)C)(C3)C2. The Hall–Kier alpha value is -0.546. The maximum atomic E-state index is 13.1. The molecule has 0 radical (unpaired) electrons. The summed E-state index contributed by atoms with van der Waals surface area (Å²) in [6.07, 6.45) is 24.4. The van der Waals surface area contributed by atoms with Gasteiger partial charge >= 0.3 is 424 Å². The predicted molar refractivity (Wildman–Crippen MR) is 286 cm³/mol. The minimum atomic E-state index is -0.327. The summed E-state index contributed by atoms with van der Waals surface area (Å²) in [6, 6.07) is 10.2. The molecule has 2 N–H and O–H groups in total. The monoisotopic (exact) mass is 985 g/mol. The van der Waals surface area contributed by atoms with Crippen LogP contribution in [0.15, 0.2) is 24.3 Å². The summed E-state index contributed by atoms with van der Waals surface area (Å²) in [7, 11) is 0.634.